The summed E-state index contributed by atoms with van der Waals surface area (Å²) in [6.07, 6.45) is 2.23. The number of nitrogens with one attached hydrogen (secondary N) is 1. The van der Waals surface area contributed by atoms with Crippen molar-refractivity contribution >= 4 is 0 Å². The van der Waals surface area contributed by atoms with Gasteiger partial charge < -0.3 is 10.1 Å². The summed E-state index contributed by atoms with van der Waals surface area (Å²) >= 11 is 0. The van der Waals surface area contributed by atoms with E-state index in [4.69, 9.17) is 4.74 Å². The second-order valence-electron chi connectivity index (χ2n) is 4.79. The zero-order valence-corrected chi connectivity index (χ0v) is 11.6. The normalized spacial score (nSPS) is 14.4. The molecule has 0 radical (unpaired) electrons. The van der Waals surface area contributed by atoms with Gasteiger partial charge in [-0.25, -0.2) is 4.39 Å². The smallest absolute Gasteiger partial charge is 0.123 e. The molecule has 1 N–H and O–H groups in total. The van der Waals surface area contributed by atoms with E-state index in [0.717, 1.165) is 25.9 Å². The van der Waals surface area contributed by atoms with Crippen molar-refractivity contribution in [1.29, 1.82) is 0 Å². The van der Waals surface area contributed by atoms with Crippen LogP contribution in [0, 0.1) is 11.7 Å². The molecule has 2 nitrogen and oxygen atoms in total. The van der Waals surface area contributed by atoms with Crippen LogP contribution < -0.4 is 5.32 Å². The summed E-state index contributed by atoms with van der Waals surface area (Å²) in [6, 6.07) is 6.79. The fourth-order valence-electron chi connectivity index (χ4n) is 2.11. The van der Waals surface area contributed by atoms with Crippen LogP contribution in [0.3, 0.4) is 0 Å². The Bertz CT molecular complexity index is 326. The fourth-order valence-corrected chi connectivity index (χ4v) is 2.11. The summed E-state index contributed by atoms with van der Waals surface area (Å²) in [5.41, 5.74) is 1.18. The van der Waals surface area contributed by atoms with Crippen LogP contribution in [0.15, 0.2) is 24.3 Å². The van der Waals surface area contributed by atoms with Crippen LogP contribution in [-0.2, 0) is 11.2 Å². The Kier molecular flexibility index (Phi) is 6.91. The van der Waals surface area contributed by atoms with Gasteiger partial charge in [0.25, 0.3) is 0 Å². The molecule has 1 aromatic carbocycles. The van der Waals surface area contributed by atoms with E-state index in [1.54, 1.807) is 7.11 Å². The molecule has 2 atom stereocenters. The standard InChI is InChI=1S/C15H24FNO/c1-4-17-11-14(9-12(2)18-3)10-13-5-7-15(16)8-6-13/h5-8,12,14,17H,4,9-11H2,1-3H3. The highest BCUT2D eigenvalue weighted by atomic mass is 19.1. The Labute approximate surface area is 110 Å². The molecular weight excluding hydrogens is 229 g/mol. The minimum absolute atomic E-state index is 0.174. The lowest BCUT2D eigenvalue weighted by atomic mass is 9.94. The third kappa shape index (κ3) is 5.61. The van der Waals surface area contributed by atoms with Crippen molar-refractivity contribution in [3.05, 3.63) is 35.6 Å². The van der Waals surface area contributed by atoms with E-state index in [-0.39, 0.29) is 11.9 Å². The largest absolute Gasteiger partial charge is 0.382 e. The fraction of sp³-hybridized carbons (Fsp3) is 0.600. The van der Waals surface area contributed by atoms with E-state index >= 15 is 0 Å². The second kappa shape index (κ2) is 8.22. The lowest BCUT2D eigenvalue weighted by Crippen LogP contribution is -2.27. The first-order valence-corrected chi connectivity index (χ1v) is 6.63. The first kappa shape index (κ1) is 15.1. The topological polar surface area (TPSA) is 21.3 Å². The Morgan fingerprint density at radius 2 is 1.94 bits per heavy atom. The Hall–Kier alpha value is -0.930. The van der Waals surface area contributed by atoms with Crippen molar-refractivity contribution in [3.63, 3.8) is 0 Å². The monoisotopic (exact) mass is 253 g/mol. The number of halogens is 1. The molecule has 1 rings (SSSR count). The van der Waals surface area contributed by atoms with Gasteiger partial charge >= 0.3 is 0 Å². The molecule has 0 aromatic heterocycles. The van der Waals surface area contributed by atoms with Gasteiger partial charge in [0.05, 0.1) is 6.10 Å². The van der Waals surface area contributed by atoms with E-state index in [9.17, 15) is 4.39 Å². The van der Waals surface area contributed by atoms with E-state index in [1.807, 2.05) is 12.1 Å². The van der Waals surface area contributed by atoms with Gasteiger partial charge in [-0.1, -0.05) is 19.1 Å². The van der Waals surface area contributed by atoms with Crippen LogP contribution in [0.1, 0.15) is 25.8 Å². The average molecular weight is 253 g/mol. The summed E-state index contributed by atoms with van der Waals surface area (Å²) in [6.45, 7) is 6.14. The van der Waals surface area contributed by atoms with Crippen molar-refractivity contribution < 1.29 is 9.13 Å². The first-order valence-electron chi connectivity index (χ1n) is 6.63. The van der Waals surface area contributed by atoms with Gasteiger partial charge in [-0.2, -0.15) is 0 Å². The maximum Gasteiger partial charge on any atom is 0.123 e. The first-order chi connectivity index (χ1) is 8.65. The van der Waals surface area contributed by atoms with E-state index < -0.39 is 0 Å². The number of rotatable bonds is 8. The van der Waals surface area contributed by atoms with Crippen LogP contribution in [0.4, 0.5) is 4.39 Å². The van der Waals surface area contributed by atoms with Crippen LogP contribution >= 0.6 is 0 Å². The summed E-state index contributed by atoms with van der Waals surface area (Å²) in [7, 11) is 1.74. The SMILES string of the molecule is CCNCC(Cc1ccc(F)cc1)CC(C)OC. The molecule has 1 aromatic rings. The number of hydrogen-bond donors (Lipinski definition) is 1. The minimum atomic E-state index is -0.174. The van der Waals surface area contributed by atoms with Gasteiger partial charge in [-0.15, -0.1) is 0 Å². The molecule has 18 heavy (non-hydrogen) atoms. The molecule has 0 saturated carbocycles. The predicted octanol–water partition coefficient (Wildman–Crippen LogP) is 3.02. The lowest BCUT2D eigenvalue weighted by molar-refractivity contribution is 0.0947. The van der Waals surface area contributed by atoms with Crippen molar-refractivity contribution in [1.82, 2.24) is 5.32 Å². The van der Waals surface area contributed by atoms with E-state index in [2.05, 4.69) is 19.2 Å². The minimum Gasteiger partial charge on any atom is -0.382 e. The molecule has 0 aliphatic rings. The second-order valence-corrected chi connectivity index (χ2v) is 4.79. The van der Waals surface area contributed by atoms with Crippen molar-refractivity contribution in [3.8, 4) is 0 Å². The third-order valence-electron chi connectivity index (χ3n) is 3.19. The number of ether oxygens (including phenoxy) is 1. The Morgan fingerprint density at radius 3 is 2.50 bits per heavy atom. The molecule has 0 bridgehead atoms. The van der Waals surface area contributed by atoms with Crippen LogP contribution in [0.25, 0.3) is 0 Å². The summed E-state index contributed by atoms with van der Waals surface area (Å²) in [4.78, 5) is 0. The highest BCUT2D eigenvalue weighted by Crippen LogP contribution is 2.15. The van der Waals surface area contributed by atoms with Crippen LogP contribution in [-0.4, -0.2) is 26.3 Å². The maximum absolute atomic E-state index is 12.9. The van der Waals surface area contributed by atoms with Gasteiger partial charge in [0.1, 0.15) is 5.82 Å². The number of benzene rings is 1. The molecule has 3 heteroatoms. The molecule has 0 amide bonds. The third-order valence-corrected chi connectivity index (χ3v) is 3.19. The van der Waals surface area contributed by atoms with Crippen LogP contribution in [0.5, 0.6) is 0 Å². The molecule has 0 heterocycles. The zero-order chi connectivity index (χ0) is 13.4. The van der Waals surface area contributed by atoms with E-state index in [0.29, 0.717) is 5.92 Å². The maximum atomic E-state index is 12.9. The molecular formula is C15H24FNO. The zero-order valence-electron chi connectivity index (χ0n) is 11.6. The highest BCUT2D eigenvalue weighted by Gasteiger charge is 2.13. The van der Waals surface area contributed by atoms with Crippen molar-refractivity contribution in [2.24, 2.45) is 5.92 Å². The molecule has 0 fully saturated rings. The van der Waals surface area contributed by atoms with Crippen LogP contribution in [0.2, 0.25) is 0 Å². The van der Waals surface area contributed by atoms with Crippen molar-refractivity contribution in [2.75, 3.05) is 20.2 Å². The summed E-state index contributed by atoms with van der Waals surface area (Å²) in [5.74, 6) is 0.345. The Morgan fingerprint density at radius 1 is 1.28 bits per heavy atom. The summed E-state index contributed by atoms with van der Waals surface area (Å²) in [5, 5.41) is 3.38. The van der Waals surface area contributed by atoms with Gasteiger partial charge in [0, 0.05) is 7.11 Å². The molecule has 102 valence electrons. The quantitative estimate of drug-likeness (QED) is 0.769. The molecule has 0 aliphatic carbocycles. The summed E-state index contributed by atoms with van der Waals surface area (Å²) < 4.78 is 18.2. The molecule has 0 spiro atoms. The average Bonchev–Trinajstić information content (AvgIpc) is 2.38. The van der Waals surface area contributed by atoms with Gasteiger partial charge in [-0.3, -0.25) is 0 Å². The molecule has 0 saturated heterocycles. The molecule has 2 unspecified atom stereocenters. The Balaban J connectivity index is 2.56. The number of hydrogen-bond acceptors (Lipinski definition) is 2. The number of methoxy groups -OCH3 is 1. The van der Waals surface area contributed by atoms with Gasteiger partial charge in [-0.05, 0) is 56.5 Å². The predicted molar refractivity (Wildman–Crippen MR) is 73.2 cm³/mol. The lowest BCUT2D eigenvalue weighted by Gasteiger charge is -2.20. The van der Waals surface area contributed by atoms with Gasteiger partial charge in [0.15, 0.2) is 0 Å². The van der Waals surface area contributed by atoms with E-state index in [1.165, 1.54) is 17.7 Å². The van der Waals surface area contributed by atoms with Crippen molar-refractivity contribution in [2.45, 2.75) is 32.8 Å². The molecule has 0 aliphatic heterocycles. The highest BCUT2D eigenvalue weighted by molar-refractivity contribution is 5.16. The van der Waals surface area contributed by atoms with Gasteiger partial charge in [0.2, 0.25) is 0 Å².